The van der Waals surface area contributed by atoms with Crippen LogP contribution in [-0.2, 0) is 16.9 Å². The fourth-order valence-corrected chi connectivity index (χ4v) is 2.36. The molecule has 108 valence electrons. The van der Waals surface area contributed by atoms with Gasteiger partial charge in [0.05, 0.1) is 5.69 Å². The summed E-state index contributed by atoms with van der Waals surface area (Å²) < 4.78 is 41.4. The van der Waals surface area contributed by atoms with Gasteiger partial charge in [-0.3, -0.25) is 4.98 Å². The molecule has 1 heterocycles. The van der Waals surface area contributed by atoms with E-state index in [0.29, 0.717) is 4.47 Å². The molecule has 0 saturated heterocycles. The molecule has 2 atom stereocenters. The number of hydrogen-bond acceptors (Lipinski definition) is 3. The lowest BCUT2D eigenvalue weighted by Gasteiger charge is -2.33. The first-order valence-electron chi connectivity index (χ1n) is 5.67. The van der Waals surface area contributed by atoms with Gasteiger partial charge < -0.3 is 4.55 Å². The Kier molecular flexibility index (Phi) is 5.34. The first-order chi connectivity index (χ1) is 8.57. The van der Waals surface area contributed by atoms with Gasteiger partial charge in [0.2, 0.25) is 0 Å². The zero-order valence-electron chi connectivity index (χ0n) is 11.2. The molecule has 3 nitrogen and oxygen atoms in total. The second-order valence-electron chi connectivity index (χ2n) is 5.35. The van der Waals surface area contributed by atoms with E-state index in [4.69, 9.17) is 0 Å². The predicted octanol–water partition coefficient (Wildman–Crippen LogP) is 3.38. The summed E-state index contributed by atoms with van der Waals surface area (Å²) in [6, 6.07) is 3.12. The van der Waals surface area contributed by atoms with E-state index >= 15 is 0 Å². The Labute approximate surface area is 123 Å². The first kappa shape index (κ1) is 16.8. The van der Waals surface area contributed by atoms with Gasteiger partial charge in [0.25, 0.3) is 6.43 Å². The summed E-state index contributed by atoms with van der Waals surface area (Å²) in [4.78, 5) is 3.98. The van der Waals surface area contributed by atoms with Crippen LogP contribution in [0.5, 0.6) is 0 Å². The molecule has 1 aromatic heterocycles. The molecule has 19 heavy (non-hydrogen) atoms. The Bertz CT molecular complexity index is 425. The average Bonchev–Trinajstić information content (AvgIpc) is 2.28. The maximum Gasteiger partial charge on any atom is 0.266 e. The average molecular weight is 355 g/mol. The molecule has 0 aliphatic rings. The van der Waals surface area contributed by atoms with Gasteiger partial charge >= 0.3 is 0 Å². The maximum atomic E-state index is 13.4. The van der Waals surface area contributed by atoms with E-state index in [1.807, 2.05) is 0 Å². The molecule has 7 heteroatoms. The SMILES string of the molecule is CC(C)(C)[S+]([O-])N[C@@](C)(c1ccc(Br)cn1)C(F)F. The van der Waals surface area contributed by atoms with Crippen LogP contribution in [0.2, 0.25) is 0 Å². The number of nitrogens with zero attached hydrogens (tertiary/aromatic N) is 1. The maximum absolute atomic E-state index is 13.4. The highest BCUT2D eigenvalue weighted by atomic mass is 79.9. The summed E-state index contributed by atoms with van der Waals surface area (Å²) in [6.07, 6.45) is -1.29. The number of aromatic nitrogens is 1. The van der Waals surface area contributed by atoms with Crippen LogP contribution >= 0.6 is 15.9 Å². The van der Waals surface area contributed by atoms with Gasteiger partial charge in [-0.25, -0.2) is 8.78 Å². The van der Waals surface area contributed by atoms with Crippen molar-refractivity contribution in [3.05, 3.63) is 28.5 Å². The van der Waals surface area contributed by atoms with Crippen molar-refractivity contribution in [2.45, 2.75) is 44.4 Å². The van der Waals surface area contributed by atoms with Crippen molar-refractivity contribution in [2.75, 3.05) is 0 Å². The Morgan fingerprint density at radius 1 is 1.32 bits per heavy atom. The van der Waals surface area contributed by atoms with Crippen molar-refractivity contribution in [3.63, 3.8) is 0 Å². The normalized spacial score (nSPS) is 17.3. The Hall–Kier alpha value is -0.240. The van der Waals surface area contributed by atoms with E-state index in [1.54, 1.807) is 26.8 Å². The Morgan fingerprint density at radius 3 is 2.26 bits per heavy atom. The van der Waals surface area contributed by atoms with Crippen LogP contribution < -0.4 is 4.72 Å². The van der Waals surface area contributed by atoms with E-state index in [0.717, 1.165) is 0 Å². The summed E-state index contributed by atoms with van der Waals surface area (Å²) in [6.45, 7) is 6.46. The molecule has 1 N–H and O–H groups in total. The van der Waals surface area contributed by atoms with E-state index in [-0.39, 0.29) is 5.69 Å². The third-order valence-electron chi connectivity index (χ3n) is 2.56. The zero-order chi connectivity index (χ0) is 14.8. The smallest absolute Gasteiger partial charge is 0.266 e. The number of halogens is 3. The lowest BCUT2D eigenvalue weighted by atomic mass is 9.99. The fraction of sp³-hybridized carbons (Fsp3) is 0.583. The quantitative estimate of drug-likeness (QED) is 0.843. The third-order valence-corrected chi connectivity index (χ3v) is 4.75. The lowest BCUT2D eigenvalue weighted by Crippen LogP contribution is -2.53. The van der Waals surface area contributed by atoms with Gasteiger partial charge in [0.1, 0.15) is 4.75 Å². The highest BCUT2D eigenvalue weighted by molar-refractivity contribution is 9.10. The van der Waals surface area contributed by atoms with Crippen molar-refractivity contribution in [3.8, 4) is 0 Å². The molecule has 0 amide bonds. The molecule has 0 fully saturated rings. The molecule has 0 aliphatic carbocycles. The van der Waals surface area contributed by atoms with E-state index in [2.05, 4.69) is 25.6 Å². The predicted molar refractivity (Wildman–Crippen MR) is 76.3 cm³/mol. The minimum absolute atomic E-state index is 0.156. The van der Waals surface area contributed by atoms with Crippen LogP contribution in [0.3, 0.4) is 0 Å². The van der Waals surface area contributed by atoms with Gasteiger partial charge in [-0.05, 0) is 55.8 Å². The Morgan fingerprint density at radius 2 is 1.89 bits per heavy atom. The number of alkyl halides is 2. The molecule has 0 bridgehead atoms. The molecular weight excluding hydrogens is 338 g/mol. The highest BCUT2D eigenvalue weighted by Crippen LogP contribution is 2.30. The minimum atomic E-state index is -2.73. The summed E-state index contributed by atoms with van der Waals surface area (Å²) in [5.41, 5.74) is -1.60. The number of hydrogen-bond donors (Lipinski definition) is 1. The monoisotopic (exact) mass is 354 g/mol. The number of pyridine rings is 1. The van der Waals surface area contributed by atoms with Crippen LogP contribution in [0, 0.1) is 0 Å². The third kappa shape index (κ3) is 4.11. The van der Waals surface area contributed by atoms with Crippen LogP contribution in [-0.4, -0.2) is 20.7 Å². The van der Waals surface area contributed by atoms with Gasteiger partial charge in [0.15, 0.2) is 5.54 Å². The molecule has 1 aromatic rings. The van der Waals surface area contributed by atoms with Crippen molar-refractivity contribution in [2.24, 2.45) is 0 Å². The molecule has 1 unspecified atom stereocenters. The van der Waals surface area contributed by atoms with E-state index < -0.39 is 28.1 Å². The van der Waals surface area contributed by atoms with Crippen molar-refractivity contribution >= 4 is 27.3 Å². The lowest BCUT2D eigenvalue weighted by molar-refractivity contribution is 0.0495. The Balaban J connectivity index is 3.07. The van der Waals surface area contributed by atoms with Crippen molar-refractivity contribution < 1.29 is 13.3 Å². The van der Waals surface area contributed by atoms with Crippen molar-refractivity contribution in [1.29, 1.82) is 0 Å². The molecule has 0 spiro atoms. The number of nitrogens with one attached hydrogen (secondary N) is 1. The summed E-state index contributed by atoms with van der Waals surface area (Å²) in [5.74, 6) is 0. The van der Waals surface area contributed by atoms with Gasteiger partial charge in [-0.2, -0.15) is 0 Å². The van der Waals surface area contributed by atoms with Crippen LogP contribution in [0.15, 0.2) is 22.8 Å². The summed E-state index contributed by atoms with van der Waals surface area (Å²) in [5, 5.41) is 0. The van der Waals surface area contributed by atoms with E-state index in [1.165, 1.54) is 19.2 Å². The fourth-order valence-electron chi connectivity index (χ4n) is 1.24. The van der Waals surface area contributed by atoms with Crippen LogP contribution in [0.25, 0.3) is 0 Å². The van der Waals surface area contributed by atoms with Gasteiger partial charge in [-0.15, -0.1) is 4.72 Å². The first-order valence-corrected chi connectivity index (χ1v) is 7.61. The summed E-state index contributed by atoms with van der Waals surface area (Å²) >= 11 is 1.59. The standard InChI is InChI=1S/C12H17BrF2N2OS/c1-11(2,3)19(18)17-12(4,10(14)15)9-6-5-8(13)7-16-9/h5-7,10,17H,1-4H3/t12-,19?/m0/s1. The second kappa shape index (κ2) is 6.03. The van der Waals surface area contributed by atoms with Gasteiger partial charge in [-0.1, -0.05) is 0 Å². The second-order valence-corrected chi connectivity index (χ2v) is 8.23. The number of rotatable bonds is 4. The minimum Gasteiger partial charge on any atom is -0.598 e. The molecule has 0 aliphatic heterocycles. The van der Waals surface area contributed by atoms with Crippen molar-refractivity contribution in [1.82, 2.24) is 9.71 Å². The zero-order valence-corrected chi connectivity index (χ0v) is 13.6. The summed E-state index contributed by atoms with van der Waals surface area (Å²) in [7, 11) is 0. The van der Waals surface area contributed by atoms with E-state index in [9.17, 15) is 13.3 Å². The molecular formula is C12H17BrF2N2OS. The van der Waals surface area contributed by atoms with Crippen LogP contribution in [0.1, 0.15) is 33.4 Å². The van der Waals surface area contributed by atoms with Crippen LogP contribution in [0.4, 0.5) is 8.78 Å². The highest BCUT2D eigenvalue weighted by Gasteiger charge is 2.45. The topological polar surface area (TPSA) is 48.0 Å². The molecule has 0 aromatic carbocycles. The molecule has 0 saturated carbocycles. The molecule has 1 rings (SSSR count). The van der Waals surface area contributed by atoms with Gasteiger partial charge in [0, 0.05) is 22.0 Å². The largest absolute Gasteiger partial charge is 0.598 e. The molecule has 0 radical (unpaired) electrons.